The first-order valence-corrected chi connectivity index (χ1v) is 6.12. The van der Waals surface area contributed by atoms with E-state index < -0.39 is 9.84 Å². The fraction of sp³-hybridized carbons (Fsp3) is 0.300. The normalized spacial score (nSPS) is 10.7. The number of ether oxygens (including phenoxy) is 1. The molecule has 5 heteroatoms. The Kier molecular flexibility index (Phi) is 3.32. The number of sulfone groups is 1. The largest absolute Gasteiger partial charge is 0.495 e. The van der Waals surface area contributed by atoms with Gasteiger partial charge in [0.2, 0.25) is 0 Å². The molecule has 0 bridgehead atoms. The van der Waals surface area contributed by atoms with Crippen molar-refractivity contribution in [1.82, 2.24) is 0 Å². The summed E-state index contributed by atoms with van der Waals surface area (Å²) in [5, 5.41) is 8.59. The van der Waals surface area contributed by atoms with Crippen LogP contribution in [0.15, 0.2) is 23.1 Å². The second-order valence-electron chi connectivity index (χ2n) is 3.06. The van der Waals surface area contributed by atoms with Crippen molar-refractivity contribution >= 4 is 9.84 Å². The van der Waals surface area contributed by atoms with Gasteiger partial charge in [0, 0.05) is 6.26 Å². The van der Waals surface area contributed by atoms with Gasteiger partial charge in [0.15, 0.2) is 9.84 Å². The van der Waals surface area contributed by atoms with Crippen molar-refractivity contribution < 1.29 is 13.2 Å². The summed E-state index contributed by atoms with van der Waals surface area (Å²) in [5.74, 6) is 0.283. The molecule has 0 aromatic heterocycles. The highest BCUT2D eigenvalue weighted by Crippen LogP contribution is 2.27. The number of methoxy groups -OCH3 is 1. The summed E-state index contributed by atoms with van der Waals surface area (Å²) in [6.45, 7) is 0. The molecule has 0 spiro atoms. The van der Waals surface area contributed by atoms with Crippen molar-refractivity contribution in [2.75, 3.05) is 13.4 Å². The molecule has 0 atom stereocenters. The molecule has 0 saturated heterocycles. The fourth-order valence-corrected chi connectivity index (χ4v) is 2.50. The maximum absolute atomic E-state index is 11.5. The van der Waals surface area contributed by atoms with Crippen molar-refractivity contribution in [1.29, 1.82) is 5.26 Å². The van der Waals surface area contributed by atoms with Crippen molar-refractivity contribution in [2.24, 2.45) is 0 Å². The van der Waals surface area contributed by atoms with Crippen molar-refractivity contribution in [3.05, 3.63) is 23.8 Å². The van der Waals surface area contributed by atoms with E-state index in [9.17, 15) is 8.42 Å². The lowest BCUT2D eigenvalue weighted by atomic mass is 10.1. The average molecular weight is 225 g/mol. The zero-order valence-corrected chi connectivity index (χ0v) is 9.34. The van der Waals surface area contributed by atoms with Gasteiger partial charge in [0.05, 0.1) is 19.6 Å². The molecule has 0 radical (unpaired) electrons. The lowest BCUT2D eigenvalue weighted by Crippen LogP contribution is -2.05. The Hall–Kier alpha value is -1.54. The zero-order valence-electron chi connectivity index (χ0n) is 8.52. The minimum atomic E-state index is -3.37. The molecule has 4 nitrogen and oxygen atoms in total. The van der Waals surface area contributed by atoms with Gasteiger partial charge in [-0.25, -0.2) is 8.42 Å². The van der Waals surface area contributed by atoms with Gasteiger partial charge in [-0.2, -0.15) is 5.26 Å². The van der Waals surface area contributed by atoms with E-state index in [0.717, 1.165) is 6.26 Å². The molecular weight excluding hydrogens is 214 g/mol. The predicted octanol–water partition coefficient (Wildman–Crippen LogP) is 1.16. The van der Waals surface area contributed by atoms with E-state index in [0.29, 0.717) is 5.56 Å². The Morgan fingerprint density at radius 1 is 1.47 bits per heavy atom. The number of nitriles is 1. The van der Waals surface area contributed by atoms with Crippen LogP contribution in [0.2, 0.25) is 0 Å². The standard InChI is InChI=1S/C10H11NO3S/c1-14-9-5-3-4-8(6-7-11)10(9)15(2,12)13/h3-5H,6H2,1-2H3. The molecule has 0 aliphatic heterocycles. The Labute approximate surface area is 89.0 Å². The lowest BCUT2D eigenvalue weighted by molar-refractivity contribution is 0.402. The molecule has 0 aliphatic carbocycles. The minimum Gasteiger partial charge on any atom is -0.495 e. The van der Waals surface area contributed by atoms with E-state index in [1.54, 1.807) is 18.2 Å². The highest BCUT2D eigenvalue weighted by atomic mass is 32.2. The van der Waals surface area contributed by atoms with Crippen LogP contribution in [0, 0.1) is 11.3 Å². The van der Waals surface area contributed by atoms with Gasteiger partial charge in [0.25, 0.3) is 0 Å². The van der Waals surface area contributed by atoms with E-state index in [2.05, 4.69) is 0 Å². The van der Waals surface area contributed by atoms with Crippen LogP contribution in [0.4, 0.5) is 0 Å². The maximum Gasteiger partial charge on any atom is 0.179 e. The summed E-state index contributed by atoms with van der Waals surface area (Å²) in [7, 11) is -1.97. The summed E-state index contributed by atoms with van der Waals surface area (Å²) in [5.41, 5.74) is 0.472. The molecule has 80 valence electrons. The molecule has 0 N–H and O–H groups in total. The highest BCUT2D eigenvalue weighted by Gasteiger charge is 2.18. The maximum atomic E-state index is 11.5. The van der Waals surface area contributed by atoms with Gasteiger partial charge in [-0.1, -0.05) is 12.1 Å². The molecule has 0 aliphatic rings. The van der Waals surface area contributed by atoms with Crippen LogP contribution in [0.3, 0.4) is 0 Å². The predicted molar refractivity (Wildman–Crippen MR) is 55.4 cm³/mol. The van der Waals surface area contributed by atoms with E-state index in [1.165, 1.54) is 7.11 Å². The SMILES string of the molecule is COc1cccc(CC#N)c1S(C)(=O)=O. The lowest BCUT2D eigenvalue weighted by Gasteiger charge is -2.09. The summed E-state index contributed by atoms with van der Waals surface area (Å²) < 4.78 is 28.0. The van der Waals surface area contributed by atoms with Gasteiger partial charge >= 0.3 is 0 Å². The monoisotopic (exact) mass is 225 g/mol. The summed E-state index contributed by atoms with van der Waals surface area (Å²) in [6, 6.07) is 6.77. The molecule has 1 aromatic carbocycles. The molecule has 1 rings (SSSR count). The molecule has 15 heavy (non-hydrogen) atoms. The smallest absolute Gasteiger partial charge is 0.179 e. The third-order valence-corrected chi connectivity index (χ3v) is 3.13. The van der Waals surface area contributed by atoms with Gasteiger partial charge in [-0.05, 0) is 11.6 Å². The Bertz CT molecular complexity index is 500. The minimum absolute atomic E-state index is 0.0552. The summed E-state index contributed by atoms with van der Waals surface area (Å²) >= 11 is 0. The van der Waals surface area contributed by atoms with Gasteiger partial charge < -0.3 is 4.74 Å². The first kappa shape index (κ1) is 11.5. The second-order valence-corrected chi connectivity index (χ2v) is 5.01. The highest BCUT2D eigenvalue weighted by molar-refractivity contribution is 7.90. The molecule has 0 unspecified atom stereocenters. The van der Waals surface area contributed by atoms with Crippen molar-refractivity contribution in [3.8, 4) is 11.8 Å². The van der Waals surface area contributed by atoms with Crippen molar-refractivity contribution in [2.45, 2.75) is 11.3 Å². The Morgan fingerprint density at radius 2 is 2.13 bits per heavy atom. The van der Waals surface area contributed by atoms with Crippen LogP contribution >= 0.6 is 0 Å². The van der Waals surface area contributed by atoms with Crippen LogP contribution in [0.5, 0.6) is 5.75 Å². The number of benzene rings is 1. The molecule has 0 amide bonds. The zero-order chi connectivity index (χ0) is 11.5. The molecule has 0 fully saturated rings. The quantitative estimate of drug-likeness (QED) is 0.774. The van der Waals surface area contributed by atoms with E-state index >= 15 is 0 Å². The molecule has 0 saturated carbocycles. The van der Waals surface area contributed by atoms with Gasteiger partial charge in [-0.3, -0.25) is 0 Å². The Balaban J connectivity index is 3.49. The van der Waals surface area contributed by atoms with Crippen LogP contribution < -0.4 is 4.74 Å². The van der Waals surface area contributed by atoms with E-state index in [-0.39, 0.29) is 17.1 Å². The summed E-state index contributed by atoms with van der Waals surface area (Å²) in [6.07, 6.45) is 1.16. The van der Waals surface area contributed by atoms with Gasteiger partial charge in [-0.15, -0.1) is 0 Å². The number of rotatable bonds is 3. The molecule has 1 aromatic rings. The number of hydrogen-bond donors (Lipinski definition) is 0. The first-order chi connectivity index (χ1) is 7.00. The van der Waals surface area contributed by atoms with Crippen LogP contribution in [0.25, 0.3) is 0 Å². The third kappa shape index (κ3) is 2.48. The van der Waals surface area contributed by atoms with Crippen LogP contribution in [0.1, 0.15) is 5.56 Å². The molecule has 0 heterocycles. The average Bonchev–Trinajstić information content (AvgIpc) is 2.16. The molecular formula is C10H11NO3S. The van der Waals surface area contributed by atoms with Crippen molar-refractivity contribution in [3.63, 3.8) is 0 Å². The topological polar surface area (TPSA) is 67.2 Å². The second kappa shape index (κ2) is 4.32. The summed E-state index contributed by atoms with van der Waals surface area (Å²) in [4.78, 5) is 0.106. The van der Waals surface area contributed by atoms with E-state index in [4.69, 9.17) is 10.00 Å². The third-order valence-electron chi connectivity index (χ3n) is 1.92. The fourth-order valence-electron chi connectivity index (χ4n) is 1.37. The Morgan fingerprint density at radius 3 is 2.60 bits per heavy atom. The number of hydrogen-bond acceptors (Lipinski definition) is 4. The van der Waals surface area contributed by atoms with E-state index in [1.807, 2.05) is 6.07 Å². The van der Waals surface area contributed by atoms with Gasteiger partial charge in [0.1, 0.15) is 10.6 Å². The number of nitrogens with zero attached hydrogens (tertiary/aromatic N) is 1. The first-order valence-electron chi connectivity index (χ1n) is 4.23. The van der Waals surface area contributed by atoms with Crippen LogP contribution in [-0.2, 0) is 16.3 Å². The van der Waals surface area contributed by atoms with Crippen LogP contribution in [-0.4, -0.2) is 21.8 Å².